The summed E-state index contributed by atoms with van der Waals surface area (Å²) in [7, 11) is 5.16. The maximum atomic E-state index is 13.1. The number of benzene rings is 3. The number of aryl methyl sites for hydroxylation is 1. The van der Waals surface area contributed by atoms with E-state index in [9.17, 15) is 37.5 Å². The second kappa shape index (κ2) is 19.2. The molecule has 0 saturated heterocycles. The molecule has 14 nitrogen and oxygen atoms in total. The van der Waals surface area contributed by atoms with Crippen molar-refractivity contribution in [3.05, 3.63) is 121 Å². The Morgan fingerprint density at radius 1 is 0.947 bits per heavy atom. The van der Waals surface area contributed by atoms with Gasteiger partial charge < -0.3 is 28.8 Å². The minimum atomic E-state index is -4.84. The molecule has 0 fully saturated rings. The molecule has 0 amide bonds. The van der Waals surface area contributed by atoms with E-state index in [1.165, 1.54) is 57.7 Å². The standard InChI is InChI=1S/C25H25F3N2O6.C13H11ClN2O4S/c1-5-16-6-7-17(20(12-16)36-15(2)23(32)34-4)14-35-19-10-8-18(9-11-19)30-22(31)13-21(25(26,27)28)29(3)24(30)33;1-19-9-6-10(20-2)16-13(15-9)21-8-5-3-4-7(14)11(8)12(17)18/h6-13,15H,5,14H2,1-4H3;3-6H,1-2H3,(H,17,18). The average molecular weight is 833 g/mol. The monoisotopic (exact) mass is 832 g/mol. The Kier molecular flexibility index (Phi) is 14.7. The predicted octanol–water partition coefficient (Wildman–Crippen LogP) is 6.63. The van der Waals surface area contributed by atoms with Crippen LogP contribution in [-0.2, 0) is 35.8 Å². The van der Waals surface area contributed by atoms with Crippen LogP contribution in [0.3, 0.4) is 0 Å². The molecule has 5 rings (SSSR count). The first-order valence-electron chi connectivity index (χ1n) is 16.7. The lowest BCUT2D eigenvalue weighted by Gasteiger charge is -2.17. The second-order valence-corrected chi connectivity index (χ2v) is 13.1. The number of esters is 1. The summed E-state index contributed by atoms with van der Waals surface area (Å²) in [6, 6.07) is 18.0. The number of carboxylic acid groups (broad SMARTS) is 1. The summed E-state index contributed by atoms with van der Waals surface area (Å²) in [5, 5.41) is 9.69. The minimum Gasteiger partial charge on any atom is -0.489 e. The molecule has 0 radical (unpaired) electrons. The summed E-state index contributed by atoms with van der Waals surface area (Å²) >= 11 is 6.99. The molecule has 0 aliphatic rings. The van der Waals surface area contributed by atoms with Crippen molar-refractivity contribution >= 4 is 35.3 Å². The Morgan fingerprint density at radius 3 is 2.16 bits per heavy atom. The number of methoxy groups -OCH3 is 3. The third kappa shape index (κ3) is 11.1. The normalized spacial score (nSPS) is 11.5. The van der Waals surface area contributed by atoms with Gasteiger partial charge in [-0.15, -0.1) is 0 Å². The van der Waals surface area contributed by atoms with Gasteiger partial charge in [0.2, 0.25) is 11.8 Å². The van der Waals surface area contributed by atoms with Crippen molar-refractivity contribution in [2.75, 3.05) is 21.3 Å². The lowest BCUT2D eigenvalue weighted by molar-refractivity contribution is -0.148. The highest BCUT2D eigenvalue weighted by atomic mass is 35.5. The van der Waals surface area contributed by atoms with Gasteiger partial charge in [0.15, 0.2) is 11.3 Å². The van der Waals surface area contributed by atoms with Crippen LogP contribution in [0.25, 0.3) is 5.69 Å². The highest BCUT2D eigenvalue weighted by molar-refractivity contribution is 7.99. The van der Waals surface area contributed by atoms with Crippen LogP contribution in [-0.4, -0.2) is 63.6 Å². The first-order valence-corrected chi connectivity index (χ1v) is 17.9. The molecule has 5 aromatic rings. The molecule has 0 saturated carbocycles. The van der Waals surface area contributed by atoms with E-state index in [1.54, 1.807) is 19.1 Å². The number of nitrogens with zero attached hydrogens (tertiary/aromatic N) is 4. The molecular weight excluding hydrogens is 797 g/mol. The van der Waals surface area contributed by atoms with E-state index in [0.29, 0.717) is 54.1 Å². The van der Waals surface area contributed by atoms with Gasteiger partial charge in [0.25, 0.3) is 5.56 Å². The van der Waals surface area contributed by atoms with E-state index in [1.807, 2.05) is 25.1 Å². The smallest absolute Gasteiger partial charge is 0.431 e. The van der Waals surface area contributed by atoms with E-state index < -0.39 is 41.2 Å². The van der Waals surface area contributed by atoms with Gasteiger partial charge in [-0.1, -0.05) is 36.7 Å². The number of carbonyl (C=O) groups is 2. The van der Waals surface area contributed by atoms with Gasteiger partial charge >= 0.3 is 23.8 Å². The van der Waals surface area contributed by atoms with Crippen LogP contribution < -0.4 is 30.2 Å². The molecule has 1 N–H and O–H groups in total. The van der Waals surface area contributed by atoms with Crippen LogP contribution in [0.15, 0.2) is 92.4 Å². The van der Waals surface area contributed by atoms with E-state index >= 15 is 0 Å². The van der Waals surface area contributed by atoms with E-state index in [4.69, 9.17) is 35.3 Å². The molecule has 0 aliphatic carbocycles. The number of rotatable bonds is 13. The van der Waals surface area contributed by atoms with Gasteiger partial charge in [0, 0.05) is 23.6 Å². The molecule has 1 unspecified atom stereocenters. The second-order valence-electron chi connectivity index (χ2n) is 11.7. The highest BCUT2D eigenvalue weighted by Crippen LogP contribution is 2.34. The fraction of sp³-hybridized carbons (Fsp3) is 0.263. The van der Waals surface area contributed by atoms with Gasteiger partial charge in [0.1, 0.15) is 23.8 Å². The number of ether oxygens (including phenoxy) is 5. The van der Waals surface area contributed by atoms with E-state index in [-0.39, 0.29) is 22.9 Å². The number of hydrogen-bond acceptors (Lipinski definition) is 12. The predicted molar refractivity (Wildman–Crippen MR) is 202 cm³/mol. The zero-order chi connectivity index (χ0) is 42.0. The lowest BCUT2D eigenvalue weighted by atomic mass is 10.1. The van der Waals surface area contributed by atoms with Crippen LogP contribution in [0, 0.1) is 0 Å². The van der Waals surface area contributed by atoms with Crippen molar-refractivity contribution in [1.29, 1.82) is 0 Å². The largest absolute Gasteiger partial charge is 0.489 e. The third-order valence-corrected chi connectivity index (χ3v) is 9.18. The average Bonchev–Trinajstić information content (AvgIpc) is 3.18. The van der Waals surface area contributed by atoms with Crippen molar-refractivity contribution in [3.63, 3.8) is 0 Å². The van der Waals surface area contributed by atoms with Crippen LogP contribution in [0.2, 0.25) is 5.02 Å². The summed E-state index contributed by atoms with van der Waals surface area (Å²) in [5.41, 5.74) is -1.79. The zero-order valence-corrected chi connectivity index (χ0v) is 32.8. The van der Waals surface area contributed by atoms with Crippen LogP contribution in [0.5, 0.6) is 23.3 Å². The number of halogens is 4. The fourth-order valence-electron chi connectivity index (χ4n) is 4.97. The van der Waals surface area contributed by atoms with Crippen molar-refractivity contribution in [3.8, 4) is 28.9 Å². The minimum absolute atomic E-state index is 0.00885. The van der Waals surface area contributed by atoms with Crippen LogP contribution in [0.4, 0.5) is 13.2 Å². The number of aromatic nitrogens is 4. The Balaban J connectivity index is 0.000000290. The van der Waals surface area contributed by atoms with Crippen molar-refractivity contribution in [2.24, 2.45) is 7.05 Å². The van der Waals surface area contributed by atoms with E-state index in [2.05, 4.69) is 9.97 Å². The van der Waals surface area contributed by atoms with Gasteiger partial charge in [-0.05, 0) is 73.1 Å². The highest BCUT2D eigenvalue weighted by Gasteiger charge is 2.35. The molecule has 0 bridgehead atoms. The SMILES string of the molecule is CCc1ccc(COc2ccc(-n3c(=O)cc(C(F)(F)F)n(C)c3=O)cc2)c(OC(C)C(=O)OC)c1.COc1cc(OC)nc(Sc2cccc(Cl)c2C(=O)O)n1. The topological polar surface area (TPSA) is 170 Å². The third-order valence-electron chi connectivity index (χ3n) is 7.94. The van der Waals surface area contributed by atoms with Crippen molar-refractivity contribution in [2.45, 2.75) is 49.2 Å². The molecule has 2 heterocycles. The molecule has 2 aromatic heterocycles. The van der Waals surface area contributed by atoms with Gasteiger partial charge in [-0.3, -0.25) is 9.36 Å². The maximum Gasteiger partial charge on any atom is 0.431 e. The molecule has 302 valence electrons. The molecular formula is C38H36ClF3N4O10S. The molecule has 19 heteroatoms. The quantitative estimate of drug-likeness (QED) is 0.0992. The summed E-state index contributed by atoms with van der Waals surface area (Å²) < 4.78 is 66.6. The van der Waals surface area contributed by atoms with Crippen LogP contribution >= 0.6 is 23.4 Å². The Labute approximate surface area is 332 Å². The molecule has 57 heavy (non-hydrogen) atoms. The summed E-state index contributed by atoms with van der Waals surface area (Å²) in [4.78, 5) is 56.5. The molecule has 0 aliphatic heterocycles. The number of carboxylic acids is 1. The van der Waals surface area contributed by atoms with Gasteiger partial charge in [-0.25, -0.2) is 19.0 Å². The number of hydrogen-bond donors (Lipinski definition) is 1. The number of alkyl halides is 3. The summed E-state index contributed by atoms with van der Waals surface area (Å²) in [6.45, 7) is 3.63. The summed E-state index contributed by atoms with van der Waals surface area (Å²) in [6.07, 6.45) is -4.91. The maximum absolute atomic E-state index is 13.1. The first-order chi connectivity index (χ1) is 27.0. The molecule has 3 aromatic carbocycles. The van der Waals surface area contributed by atoms with E-state index in [0.717, 1.165) is 30.8 Å². The van der Waals surface area contributed by atoms with Crippen LogP contribution in [0.1, 0.15) is 41.0 Å². The van der Waals surface area contributed by atoms with Crippen molar-refractivity contribution < 1.29 is 51.6 Å². The number of carbonyl (C=O) groups excluding carboxylic acids is 1. The summed E-state index contributed by atoms with van der Waals surface area (Å²) in [5.74, 6) is -0.154. The molecule has 1 atom stereocenters. The van der Waals surface area contributed by atoms with Gasteiger partial charge in [-0.2, -0.15) is 23.1 Å². The lowest BCUT2D eigenvalue weighted by Crippen LogP contribution is -2.40. The first kappa shape index (κ1) is 43.7. The zero-order valence-electron chi connectivity index (χ0n) is 31.3. The Bertz CT molecular complexity index is 2330. The Hall–Kier alpha value is -6.01. The number of aromatic carboxylic acids is 1. The molecule has 0 spiro atoms. The fourth-order valence-corrected chi connectivity index (χ4v) is 6.20. The Morgan fingerprint density at radius 2 is 1.60 bits per heavy atom. The van der Waals surface area contributed by atoms with Gasteiger partial charge in [0.05, 0.1) is 43.7 Å². The van der Waals surface area contributed by atoms with Crippen molar-refractivity contribution in [1.82, 2.24) is 19.1 Å².